The number of esters is 1. The standard InChI is InChI=1S/C29H42F2N4O7/c1-6-42-22(37)15-21(36)33-24(18(4)5)27(40)35-14-10-13-20(35)26(39)34-23(17(2)3)25(38)29(30,31)28(41)32-16-19-11-8-7-9-12-19/h7-9,11-12,17-18,20,23-25,38H,6,10,13-16H2,1-5H3,(H,32,41)(H,33,36)(H,34,39)/t20?,23?,24-,25?/m0/s1. The summed E-state index contributed by atoms with van der Waals surface area (Å²) in [5.74, 6) is -9.79. The van der Waals surface area contributed by atoms with Gasteiger partial charge in [-0.1, -0.05) is 58.0 Å². The second-order valence-corrected chi connectivity index (χ2v) is 11.0. The van der Waals surface area contributed by atoms with Crippen molar-refractivity contribution in [2.45, 2.75) is 90.6 Å². The zero-order valence-electron chi connectivity index (χ0n) is 24.7. The van der Waals surface area contributed by atoms with Gasteiger partial charge in [0.05, 0.1) is 12.6 Å². The molecule has 1 saturated heterocycles. The van der Waals surface area contributed by atoms with Gasteiger partial charge in [0.25, 0.3) is 5.91 Å². The lowest BCUT2D eigenvalue weighted by atomic mass is 9.93. The molecule has 11 nitrogen and oxygen atoms in total. The van der Waals surface area contributed by atoms with Crippen molar-refractivity contribution in [1.82, 2.24) is 20.9 Å². The van der Waals surface area contributed by atoms with Gasteiger partial charge < -0.3 is 30.7 Å². The third kappa shape index (κ3) is 9.20. The number of benzene rings is 1. The number of alkyl halides is 2. The van der Waals surface area contributed by atoms with Crippen molar-refractivity contribution in [3.05, 3.63) is 35.9 Å². The number of halogens is 2. The number of hydrogen-bond acceptors (Lipinski definition) is 7. The number of carbonyl (C=O) groups excluding carboxylic acids is 5. The minimum absolute atomic E-state index is 0.0968. The molecule has 42 heavy (non-hydrogen) atoms. The molecule has 1 aliphatic rings. The molecule has 4 atom stereocenters. The highest BCUT2D eigenvalue weighted by Gasteiger charge is 2.51. The van der Waals surface area contributed by atoms with Crippen LogP contribution in [0.1, 0.15) is 59.4 Å². The Bertz CT molecular complexity index is 1100. The van der Waals surface area contributed by atoms with E-state index in [1.165, 1.54) is 18.7 Å². The topological polar surface area (TPSA) is 154 Å². The molecule has 13 heteroatoms. The van der Waals surface area contributed by atoms with E-state index in [4.69, 9.17) is 4.74 Å². The lowest BCUT2D eigenvalue weighted by Gasteiger charge is -2.34. The third-order valence-corrected chi connectivity index (χ3v) is 7.04. The fourth-order valence-electron chi connectivity index (χ4n) is 4.69. The lowest BCUT2D eigenvalue weighted by molar-refractivity contribution is -0.170. The SMILES string of the molecule is CCOC(=O)CC(=O)N[C@H](C(=O)N1CCCC1C(=O)NC(C(C)C)C(O)C(F)(F)C(=O)NCc1ccccc1)C(C)C. The number of nitrogens with zero attached hydrogens (tertiary/aromatic N) is 1. The summed E-state index contributed by atoms with van der Waals surface area (Å²) >= 11 is 0. The number of nitrogens with one attached hydrogen (secondary N) is 3. The molecule has 1 aromatic carbocycles. The van der Waals surface area contributed by atoms with Crippen molar-refractivity contribution in [2.24, 2.45) is 11.8 Å². The molecule has 2 rings (SSSR count). The molecule has 4 amide bonds. The number of likely N-dealkylation sites (tertiary alicyclic amines) is 1. The van der Waals surface area contributed by atoms with Crippen LogP contribution < -0.4 is 16.0 Å². The Kier molecular flexibility index (Phi) is 12.8. The second-order valence-electron chi connectivity index (χ2n) is 11.0. The van der Waals surface area contributed by atoms with Crippen molar-refractivity contribution >= 4 is 29.6 Å². The summed E-state index contributed by atoms with van der Waals surface area (Å²) in [5, 5.41) is 17.7. The van der Waals surface area contributed by atoms with Crippen LogP contribution in [0.3, 0.4) is 0 Å². The molecule has 234 valence electrons. The van der Waals surface area contributed by atoms with Crippen molar-refractivity contribution in [3.8, 4) is 0 Å². The van der Waals surface area contributed by atoms with Crippen LogP contribution in [0, 0.1) is 11.8 Å². The Morgan fingerprint density at radius 2 is 1.69 bits per heavy atom. The number of aliphatic hydroxyl groups excluding tert-OH is 1. The van der Waals surface area contributed by atoms with E-state index in [-0.39, 0.29) is 26.1 Å². The molecule has 0 aliphatic carbocycles. The Labute approximate surface area is 244 Å². The van der Waals surface area contributed by atoms with Gasteiger partial charge in [0.15, 0.2) is 0 Å². The average molecular weight is 597 g/mol. The fraction of sp³-hybridized carbons (Fsp3) is 0.621. The Morgan fingerprint density at radius 3 is 2.26 bits per heavy atom. The van der Waals surface area contributed by atoms with Gasteiger partial charge in [0.2, 0.25) is 17.7 Å². The zero-order valence-corrected chi connectivity index (χ0v) is 24.7. The van der Waals surface area contributed by atoms with Crippen molar-refractivity contribution in [2.75, 3.05) is 13.2 Å². The van der Waals surface area contributed by atoms with E-state index in [0.29, 0.717) is 12.0 Å². The van der Waals surface area contributed by atoms with Gasteiger partial charge in [-0.2, -0.15) is 8.78 Å². The summed E-state index contributed by atoms with van der Waals surface area (Å²) in [4.78, 5) is 64.4. The molecule has 0 spiro atoms. The van der Waals surface area contributed by atoms with Crippen molar-refractivity contribution < 1.29 is 42.6 Å². The summed E-state index contributed by atoms with van der Waals surface area (Å²) in [5.41, 5.74) is 0.590. The third-order valence-electron chi connectivity index (χ3n) is 7.04. The van der Waals surface area contributed by atoms with Crippen LogP contribution in [-0.2, 0) is 35.3 Å². The molecular formula is C29H42F2N4O7. The number of rotatable bonds is 14. The highest BCUT2D eigenvalue weighted by molar-refractivity contribution is 5.97. The van der Waals surface area contributed by atoms with Crippen LogP contribution >= 0.6 is 0 Å². The quantitative estimate of drug-likeness (QED) is 0.188. The molecule has 0 saturated carbocycles. The Morgan fingerprint density at radius 1 is 1.05 bits per heavy atom. The predicted molar refractivity (Wildman–Crippen MR) is 149 cm³/mol. The highest BCUT2D eigenvalue weighted by Crippen LogP contribution is 2.27. The number of carbonyl (C=O) groups is 5. The first-order valence-corrected chi connectivity index (χ1v) is 14.1. The van der Waals surface area contributed by atoms with E-state index < -0.39 is 78.0 Å². The summed E-state index contributed by atoms with van der Waals surface area (Å²) in [7, 11) is 0. The zero-order chi connectivity index (χ0) is 31.6. The summed E-state index contributed by atoms with van der Waals surface area (Å²) in [6.07, 6.45) is -2.45. The van der Waals surface area contributed by atoms with Gasteiger partial charge in [-0.25, -0.2) is 0 Å². The smallest absolute Gasteiger partial charge is 0.351 e. The van der Waals surface area contributed by atoms with Gasteiger partial charge in [-0.3, -0.25) is 24.0 Å². The first-order chi connectivity index (χ1) is 19.7. The molecular weight excluding hydrogens is 554 g/mol. The number of aliphatic hydroxyl groups is 1. The highest BCUT2D eigenvalue weighted by atomic mass is 19.3. The number of ether oxygens (including phenoxy) is 1. The summed E-state index contributed by atoms with van der Waals surface area (Å²) in [6, 6.07) is 4.81. The number of hydrogen-bond donors (Lipinski definition) is 4. The van der Waals surface area contributed by atoms with E-state index in [0.717, 1.165) is 0 Å². The first-order valence-electron chi connectivity index (χ1n) is 14.1. The average Bonchev–Trinajstić information content (AvgIpc) is 3.43. The summed E-state index contributed by atoms with van der Waals surface area (Å²) in [6.45, 7) is 8.10. The second kappa shape index (κ2) is 15.6. The molecule has 1 fully saturated rings. The van der Waals surface area contributed by atoms with E-state index in [2.05, 4.69) is 16.0 Å². The van der Waals surface area contributed by atoms with Crippen LogP contribution in [0.25, 0.3) is 0 Å². The predicted octanol–water partition coefficient (Wildman–Crippen LogP) is 1.52. The molecule has 1 aliphatic heterocycles. The molecule has 0 bridgehead atoms. The largest absolute Gasteiger partial charge is 0.466 e. The maximum Gasteiger partial charge on any atom is 0.351 e. The van der Waals surface area contributed by atoms with Gasteiger partial charge in [-0.05, 0) is 37.2 Å². The van der Waals surface area contributed by atoms with Crippen LogP contribution in [0.2, 0.25) is 0 Å². The Hall–Kier alpha value is -3.61. The lowest BCUT2D eigenvalue weighted by Crippen LogP contribution is -2.61. The van der Waals surface area contributed by atoms with Crippen molar-refractivity contribution in [1.29, 1.82) is 0 Å². The van der Waals surface area contributed by atoms with E-state index >= 15 is 8.78 Å². The summed E-state index contributed by atoms with van der Waals surface area (Å²) < 4.78 is 34.9. The normalized spacial score (nSPS) is 17.4. The van der Waals surface area contributed by atoms with E-state index in [9.17, 15) is 29.1 Å². The van der Waals surface area contributed by atoms with E-state index in [1.54, 1.807) is 51.1 Å². The van der Waals surface area contributed by atoms with Gasteiger partial charge >= 0.3 is 11.9 Å². The molecule has 0 radical (unpaired) electrons. The fourth-order valence-corrected chi connectivity index (χ4v) is 4.69. The number of amides is 4. The molecule has 0 aromatic heterocycles. The molecule has 1 aromatic rings. The van der Waals surface area contributed by atoms with Gasteiger partial charge in [-0.15, -0.1) is 0 Å². The monoisotopic (exact) mass is 596 g/mol. The van der Waals surface area contributed by atoms with Crippen LogP contribution in [0.4, 0.5) is 8.78 Å². The first kappa shape index (κ1) is 34.6. The van der Waals surface area contributed by atoms with Crippen LogP contribution in [0.5, 0.6) is 0 Å². The minimum atomic E-state index is -4.23. The molecule has 1 heterocycles. The van der Waals surface area contributed by atoms with E-state index in [1.807, 2.05) is 0 Å². The maximum absolute atomic E-state index is 15.1. The van der Waals surface area contributed by atoms with Gasteiger partial charge in [0.1, 0.15) is 24.6 Å². The minimum Gasteiger partial charge on any atom is -0.466 e. The van der Waals surface area contributed by atoms with Crippen LogP contribution in [-0.4, -0.2) is 82.9 Å². The maximum atomic E-state index is 15.1. The van der Waals surface area contributed by atoms with Gasteiger partial charge in [0, 0.05) is 13.1 Å². The van der Waals surface area contributed by atoms with Crippen LogP contribution in [0.15, 0.2) is 30.3 Å². The Balaban J connectivity index is 2.12. The molecule has 4 N–H and O–H groups in total. The van der Waals surface area contributed by atoms with Crippen molar-refractivity contribution in [3.63, 3.8) is 0 Å². The molecule has 3 unspecified atom stereocenters.